The SMILES string of the molecule is CCOc1ccc(/C=C(/C#N)c2ccc(Cl)c(Cl)c2)cc1. The van der Waals surface area contributed by atoms with Gasteiger partial charge in [0, 0.05) is 0 Å². The van der Waals surface area contributed by atoms with Gasteiger partial charge in [0.15, 0.2) is 0 Å². The van der Waals surface area contributed by atoms with Crippen LogP contribution < -0.4 is 4.74 Å². The van der Waals surface area contributed by atoms with Crippen LogP contribution in [0.5, 0.6) is 5.75 Å². The fourth-order valence-corrected chi connectivity index (χ4v) is 2.14. The highest BCUT2D eigenvalue weighted by atomic mass is 35.5. The Balaban J connectivity index is 2.31. The van der Waals surface area contributed by atoms with Gasteiger partial charge in [0.2, 0.25) is 0 Å². The van der Waals surface area contributed by atoms with Crippen molar-refractivity contribution in [2.24, 2.45) is 0 Å². The van der Waals surface area contributed by atoms with E-state index in [9.17, 15) is 5.26 Å². The van der Waals surface area contributed by atoms with Crippen molar-refractivity contribution in [1.82, 2.24) is 0 Å². The van der Waals surface area contributed by atoms with E-state index >= 15 is 0 Å². The highest BCUT2D eigenvalue weighted by molar-refractivity contribution is 6.42. The fourth-order valence-electron chi connectivity index (χ4n) is 1.84. The molecule has 106 valence electrons. The summed E-state index contributed by atoms with van der Waals surface area (Å²) in [6, 6.07) is 14.9. The summed E-state index contributed by atoms with van der Waals surface area (Å²) < 4.78 is 5.39. The normalized spacial score (nSPS) is 11.0. The smallest absolute Gasteiger partial charge is 0.119 e. The van der Waals surface area contributed by atoms with Crippen LogP contribution in [0.2, 0.25) is 10.0 Å². The Bertz CT molecular complexity index is 700. The largest absolute Gasteiger partial charge is 0.494 e. The van der Waals surface area contributed by atoms with E-state index < -0.39 is 0 Å². The first-order valence-corrected chi connectivity index (χ1v) is 7.19. The first kappa shape index (κ1) is 15.4. The van der Waals surface area contributed by atoms with Gasteiger partial charge in [-0.1, -0.05) is 41.4 Å². The van der Waals surface area contributed by atoms with E-state index in [1.807, 2.05) is 31.2 Å². The van der Waals surface area contributed by atoms with Crippen molar-refractivity contribution in [1.29, 1.82) is 5.26 Å². The number of allylic oxidation sites excluding steroid dienone is 1. The quantitative estimate of drug-likeness (QED) is 0.554. The van der Waals surface area contributed by atoms with Crippen molar-refractivity contribution in [3.63, 3.8) is 0 Å². The summed E-state index contributed by atoms with van der Waals surface area (Å²) in [4.78, 5) is 0. The molecule has 2 nitrogen and oxygen atoms in total. The van der Waals surface area contributed by atoms with Crippen molar-refractivity contribution in [3.05, 3.63) is 63.6 Å². The molecule has 0 bridgehead atoms. The standard InChI is InChI=1S/C17H13Cl2NO/c1-2-21-15-6-3-12(4-7-15)9-14(11-20)13-5-8-16(18)17(19)10-13/h3-10H,2H2,1H3/b14-9-. The van der Waals surface area contributed by atoms with E-state index in [0.717, 1.165) is 16.9 Å². The third-order valence-corrected chi connectivity index (χ3v) is 3.59. The van der Waals surface area contributed by atoms with Crippen molar-refractivity contribution in [2.75, 3.05) is 6.61 Å². The average molecular weight is 318 g/mol. The van der Waals surface area contributed by atoms with Crippen LogP contribution in [-0.4, -0.2) is 6.61 Å². The second-order valence-electron chi connectivity index (χ2n) is 4.30. The van der Waals surface area contributed by atoms with Gasteiger partial charge in [-0.15, -0.1) is 0 Å². The van der Waals surface area contributed by atoms with Crippen LogP contribution in [0, 0.1) is 11.3 Å². The number of nitriles is 1. The summed E-state index contributed by atoms with van der Waals surface area (Å²) in [5.41, 5.74) is 2.18. The second kappa shape index (κ2) is 7.17. The maximum absolute atomic E-state index is 9.32. The molecule has 4 heteroatoms. The Hall–Kier alpha value is -1.95. The van der Waals surface area contributed by atoms with Crippen LogP contribution in [-0.2, 0) is 0 Å². The highest BCUT2D eigenvalue weighted by Crippen LogP contribution is 2.27. The second-order valence-corrected chi connectivity index (χ2v) is 5.12. The third kappa shape index (κ3) is 4.01. The van der Waals surface area contributed by atoms with Gasteiger partial charge in [-0.3, -0.25) is 0 Å². The molecule has 0 saturated carbocycles. The summed E-state index contributed by atoms with van der Waals surface area (Å²) in [5.74, 6) is 0.808. The lowest BCUT2D eigenvalue weighted by molar-refractivity contribution is 0.340. The van der Waals surface area contributed by atoms with Crippen molar-refractivity contribution >= 4 is 34.9 Å². The third-order valence-electron chi connectivity index (χ3n) is 2.85. The average Bonchev–Trinajstić information content (AvgIpc) is 2.50. The lowest BCUT2D eigenvalue weighted by Crippen LogP contribution is -1.90. The van der Waals surface area contributed by atoms with Gasteiger partial charge in [-0.25, -0.2) is 0 Å². The van der Waals surface area contributed by atoms with Gasteiger partial charge in [0.05, 0.1) is 28.3 Å². The summed E-state index contributed by atoms with van der Waals surface area (Å²) >= 11 is 11.9. The maximum atomic E-state index is 9.32. The van der Waals surface area contributed by atoms with Gasteiger partial charge in [-0.2, -0.15) is 5.26 Å². The van der Waals surface area contributed by atoms with Crippen LogP contribution in [0.1, 0.15) is 18.1 Å². The molecule has 0 saturated heterocycles. The van der Waals surface area contributed by atoms with Crippen molar-refractivity contribution in [3.8, 4) is 11.8 Å². The fraction of sp³-hybridized carbons (Fsp3) is 0.118. The van der Waals surface area contributed by atoms with Gasteiger partial charge in [0.1, 0.15) is 5.75 Å². The molecule has 0 aliphatic carbocycles. The van der Waals surface area contributed by atoms with Crippen LogP contribution in [0.4, 0.5) is 0 Å². The molecule has 0 spiro atoms. The maximum Gasteiger partial charge on any atom is 0.119 e. The minimum Gasteiger partial charge on any atom is -0.494 e. The Labute approximate surface area is 134 Å². The predicted molar refractivity (Wildman–Crippen MR) is 87.6 cm³/mol. The zero-order valence-corrected chi connectivity index (χ0v) is 12.9. The number of rotatable bonds is 4. The molecule has 0 radical (unpaired) electrons. The van der Waals surface area contributed by atoms with Gasteiger partial charge >= 0.3 is 0 Å². The first-order chi connectivity index (χ1) is 10.1. The van der Waals surface area contributed by atoms with Crippen LogP contribution >= 0.6 is 23.2 Å². The van der Waals surface area contributed by atoms with E-state index in [2.05, 4.69) is 6.07 Å². The van der Waals surface area contributed by atoms with Gasteiger partial charge in [0.25, 0.3) is 0 Å². The van der Waals surface area contributed by atoms with Crippen molar-refractivity contribution < 1.29 is 4.74 Å². The first-order valence-electron chi connectivity index (χ1n) is 6.44. The van der Waals surface area contributed by atoms with E-state index in [-0.39, 0.29) is 0 Å². The summed E-state index contributed by atoms with van der Waals surface area (Å²) in [5, 5.41) is 10.2. The lowest BCUT2D eigenvalue weighted by atomic mass is 10.0. The Morgan fingerprint density at radius 3 is 2.43 bits per heavy atom. The molecule has 0 N–H and O–H groups in total. The molecule has 21 heavy (non-hydrogen) atoms. The Morgan fingerprint density at radius 1 is 1.14 bits per heavy atom. The number of hydrogen-bond donors (Lipinski definition) is 0. The van der Waals surface area contributed by atoms with Gasteiger partial charge in [-0.05, 0) is 48.4 Å². The molecule has 0 unspecified atom stereocenters. The van der Waals surface area contributed by atoms with E-state index in [1.165, 1.54) is 0 Å². The molecule has 0 atom stereocenters. The molecule has 0 amide bonds. The molecule has 0 fully saturated rings. The monoisotopic (exact) mass is 317 g/mol. The Kier molecular flexibility index (Phi) is 5.27. The van der Waals surface area contributed by atoms with E-state index in [1.54, 1.807) is 24.3 Å². The summed E-state index contributed by atoms with van der Waals surface area (Å²) in [7, 11) is 0. The topological polar surface area (TPSA) is 33.0 Å². The molecular weight excluding hydrogens is 305 g/mol. The van der Waals surface area contributed by atoms with Crippen molar-refractivity contribution in [2.45, 2.75) is 6.92 Å². The molecule has 0 aliphatic rings. The number of hydrogen-bond acceptors (Lipinski definition) is 2. The lowest BCUT2D eigenvalue weighted by Gasteiger charge is -2.04. The van der Waals surface area contributed by atoms with E-state index in [4.69, 9.17) is 27.9 Å². The summed E-state index contributed by atoms with van der Waals surface area (Å²) in [6.45, 7) is 2.56. The predicted octanol–water partition coefficient (Wildman–Crippen LogP) is 5.46. The number of nitrogens with zero attached hydrogens (tertiary/aromatic N) is 1. The van der Waals surface area contributed by atoms with Crippen LogP contribution in [0.25, 0.3) is 11.6 Å². The van der Waals surface area contributed by atoms with Crippen LogP contribution in [0.15, 0.2) is 42.5 Å². The number of ether oxygens (including phenoxy) is 1. The minimum atomic E-state index is 0.432. The molecule has 0 aliphatic heterocycles. The van der Waals surface area contributed by atoms with Gasteiger partial charge < -0.3 is 4.74 Å². The minimum absolute atomic E-state index is 0.432. The summed E-state index contributed by atoms with van der Waals surface area (Å²) in [6.07, 6.45) is 1.80. The Morgan fingerprint density at radius 2 is 1.86 bits per heavy atom. The number of benzene rings is 2. The molecular formula is C17H13Cl2NO. The molecule has 2 aromatic rings. The van der Waals surface area contributed by atoms with E-state index in [0.29, 0.717) is 22.2 Å². The molecule has 0 heterocycles. The molecule has 2 rings (SSSR count). The highest BCUT2D eigenvalue weighted by Gasteiger charge is 2.05. The zero-order valence-electron chi connectivity index (χ0n) is 11.4. The molecule has 2 aromatic carbocycles. The zero-order chi connectivity index (χ0) is 15.2. The van der Waals surface area contributed by atoms with Crippen LogP contribution in [0.3, 0.4) is 0 Å². The molecule has 0 aromatic heterocycles. The number of halogens is 2.